The second kappa shape index (κ2) is 3.58. The summed E-state index contributed by atoms with van der Waals surface area (Å²) in [5.74, 6) is 0.791. The molecule has 1 N–H and O–H groups in total. The van der Waals surface area contributed by atoms with Crippen molar-refractivity contribution in [1.82, 2.24) is 0 Å². The average Bonchev–Trinajstić information content (AvgIpc) is 2.66. The molecule has 3 rings (SSSR count). The third-order valence-electron chi connectivity index (χ3n) is 4.56. The van der Waals surface area contributed by atoms with Crippen LogP contribution in [0.1, 0.15) is 48.4 Å². The molecule has 0 aliphatic heterocycles. The predicted molar refractivity (Wildman–Crippen MR) is 67.5 cm³/mol. The summed E-state index contributed by atoms with van der Waals surface area (Å²) in [5.41, 5.74) is 3.09. The monoisotopic (exact) mass is 246 g/mol. The molecule has 0 radical (unpaired) electrons. The lowest BCUT2D eigenvalue weighted by Crippen LogP contribution is -2.45. The van der Waals surface area contributed by atoms with Gasteiger partial charge in [-0.2, -0.15) is 0 Å². The number of fused-ring (bicyclic) bond motifs is 2. The van der Waals surface area contributed by atoms with Gasteiger partial charge in [0.25, 0.3) is 0 Å². The number of rotatable bonds is 0. The highest BCUT2D eigenvalue weighted by atomic mass is 16.3. The quantitative estimate of drug-likeness (QED) is 0.765. The van der Waals surface area contributed by atoms with E-state index in [0.717, 1.165) is 40.9 Å². The van der Waals surface area contributed by atoms with Gasteiger partial charge in [-0.3, -0.25) is 4.79 Å². The molecule has 2 aliphatic rings. The number of furan rings is 1. The first-order valence-electron chi connectivity index (χ1n) is 6.45. The van der Waals surface area contributed by atoms with E-state index in [2.05, 4.69) is 0 Å². The van der Waals surface area contributed by atoms with Crippen LogP contribution in [-0.2, 0) is 6.42 Å². The van der Waals surface area contributed by atoms with Crippen LogP contribution in [0, 0.1) is 12.3 Å². The Morgan fingerprint density at radius 1 is 1.44 bits per heavy atom. The summed E-state index contributed by atoms with van der Waals surface area (Å²) in [5, 5.41) is 10.3. The minimum atomic E-state index is -0.475. The SMILES string of the molecule is CC1=C2C(=O)c3c(C)coc3C[C@]2(C)[C@@H](O)CC1. The number of aliphatic hydroxyl groups is 1. The van der Waals surface area contributed by atoms with Gasteiger partial charge in [0.2, 0.25) is 0 Å². The molecule has 0 fully saturated rings. The van der Waals surface area contributed by atoms with Crippen LogP contribution in [0.3, 0.4) is 0 Å². The van der Waals surface area contributed by atoms with Crippen LogP contribution >= 0.6 is 0 Å². The van der Waals surface area contributed by atoms with Gasteiger partial charge in [0, 0.05) is 17.4 Å². The van der Waals surface area contributed by atoms with Crippen molar-refractivity contribution in [2.24, 2.45) is 5.41 Å². The van der Waals surface area contributed by atoms with E-state index in [1.807, 2.05) is 20.8 Å². The fourth-order valence-electron chi connectivity index (χ4n) is 3.50. The van der Waals surface area contributed by atoms with Crippen molar-refractivity contribution in [3.8, 4) is 0 Å². The van der Waals surface area contributed by atoms with Gasteiger partial charge in [-0.15, -0.1) is 0 Å². The Balaban J connectivity index is 2.25. The van der Waals surface area contributed by atoms with Gasteiger partial charge in [0.05, 0.1) is 17.9 Å². The Bertz CT molecular complexity index is 564. The minimum absolute atomic E-state index is 0.0567. The molecule has 1 heterocycles. The Morgan fingerprint density at radius 3 is 2.89 bits per heavy atom. The third kappa shape index (κ3) is 1.31. The van der Waals surface area contributed by atoms with Crippen molar-refractivity contribution >= 4 is 5.78 Å². The minimum Gasteiger partial charge on any atom is -0.468 e. The topological polar surface area (TPSA) is 50.4 Å². The van der Waals surface area contributed by atoms with E-state index in [0.29, 0.717) is 6.42 Å². The molecule has 18 heavy (non-hydrogen) atoms. The Morgan fingerprint density at radius 2 is 2.17 bits per heavy atom. The maximum absolute atomic E-state index is 12.7. The maximum Gasteiger partial charge on any atom is 0.193 e. The zero-order valence-electron chi connectivity index (χ0n) is 11.0. The highest BCUT2D eigenvalue weighted by Crippen LogP contribution is 2.49. The Hall–Kier alpha value is -1.35. The summed E-state index contributed by atoms with van der Waals surface area (Å²) >= 11 is 0. The Labute approximate surface area is 106 Å². The third-order valence-corrected chi connectivity index (χ3v) is 4.56. The molecule has 0 saturated heterocycles. The van der Waals surface area contributed by atoms with Gasteiger partial charge in [-0.1, -0.05) is 12.5 Å². The van der Waals surface area contributed by atoms with Crippen molar-refractivity contribution in [2.75, 3.05) is 0 Å². The van der Waals surface area contributed by atoms with Gasteiger partial charge in [-0.05, 0) is 32.3 Å². The Kier molecular flexibility index (Phi) is 2.33. The zero-order valence-corrected chi connectivity index (χ0v) is 11.0. The van der Waals surface area contributed by atoms with E-state index in [4.69, 9.17) is 4.42 Å². The molecule has 0 aromatic carbocycles. The molecular formula is C15H18O3. The lowest BCUT2D eigenvalue weighted by molar-refractivity contribution is 0.0367. The smallest absolute Gasteiger partial charge is 0.193 e. The number of ketones is 1. The first-order valence-corrected chi connectivity index (χ1v) is 6.45. The molecule has 1 aromatic heterocycles. The van der Waals surface area contributed by atoms with E-state index < -0.39 is 11.5 Å². The number of aliphatic hydroxyl groups excluding tert-OH is 1. The summed E-state index contributed by atoms with van der Waals surface area (Å²) in [6.07, 6.45) is 3.35. The molecule has 0 amide bonds. The fourth-order valence-corrected chi connectivity index (χ4v) is 3.50. The predicted octanol–water partition coefficient (Wildman–Crippen LogP) is 2.80. The van der Waals surface area contributed by atoms with E-state index >= 15 is 0 Å². The lowest BCUT2D eigenvalue weighted by Gasteiger charge is -2.43. The molecule has 3 heteroatoms. The number of carbonyl (C=O) groups is 1. The standard InChI is InChI=1S/C15H18O3/c1-8-4-5-11(16)15(3)6-10-12(9(2)7-18-10)14(17)13(8)15/h7,11,16H,4-6H2,1-3H3/t11-,15+/m0/s1. The number of aryl methyl sites for hydroxylation is 1. The highest BCUT2D eigenvalue weighted by Gasteiger charge is 2.49. The van der Waals surface area contributed by atoms with Crippen molar-refractivity contribution in [2.45, 2.75) is 46.1 Å². The van der Waals surface area contributed by atoms with Gasteiger partial charge in [-0.25, -0.2) is 0 Å². The summed E-state index contributed by atoms with van der Waals surface area (Å²) in [6.45, 7) is 5.89. The summed E-state index contributed by atoms with van der Waals surface area (Å²) < 4.78 is 5.50. The fraction of sp³-hybridized carbons (Fsp3) is 0.533. The van der Waals surface area contributed by atoms with E-state index in [9.17, 15) is 9.90 Å². The van der Waals surface area contributed by atoms with E-state index in [1.54, 1.807) is 6.26 Å². The molecule has 2 atom stereocenters. The van der Waals surface area contributed by atoms with Crippen LogP contribution in [0.5, 0.6) is 0 Å². The lowest BCUT2D eigenvalue weighted by atomic mass is 9.62. The summed E-state index contributed by atoms with van der Waals surface area (Å²) in [7, 11) is 0. The molecule has 3 nitrogen and oxygen atoms in total. The highest BCUT2D eigenvalue weighted by molar-refractivity contribution is 6.13. The van der Waals surface area contributed by atoms with Gasteiger partial charge >= 0.3 is 0 Å². The maximum atomic E-state index is 12.7. The van der Waals surface area contributed by atoms with Crippen molar-refractivity contribution in [1.29, 1.82) is 0 Å². The largest absolute Gasteiger partial charge is 0.468 e. The van der Waals surface area contributed by atoms with Crippen LogP contribution in [0.4, 0.5) is 0 Å². The van der Waals surface area contributed by atoms with Gasteiger partial charge in [0.15, 0.2) is 5.78 Å². The van der Waals surface area contributed by atoms with E-state index in [-0.39, 0.29) is 5.78 Å². The average molecular weight is 246 g/mol. The number of hydrogen-bond acceptors (Lipinski definition) is 3. The van der Waals surface area contributed by atoms with Crippen molar-refractivity contribution in [3.05, 3.63) is 34.3 Å². The summed E-state index contributed by atoms with van der Waals surface area (Å²) in [6, 6.07) is 0. The van der Waals surface area contributed by atoms with Crippen molar-refractivity contribution < 1.29 is 14.3 Å². The molecular weight excluding hydrogens is 228 g/mol. The molecule has 0 unspecified atom stereocenters. The molecule has 0 spiro atoms. The molecule has 96 valence electrons. The number of carbonyl (C=O) groups excluding carboxylic acids is 1. The van der Waals surface area contributed by atoms with Gasteiger partial charge in [0.1, 0.15) is 5.76 Å². The number of Topliss-reactive ketones (excluding diaryl/α,β-unsaturated/α-hetero) is 1. The molecule has 0 saturated carbocycles. The zero-order chi connectivity index (χ0) is 13.1. The van der Waals surface area contributed by atoms with Crippen LogP contribution < -0.4 is 0 Å². The molecule has 1 aromatic rings. The second-order valence-electron chi connectivity index (χ2n) is 5.85. The second-order valence-corrected chi connectivity index (χ2v) is 5.85. The molecule has 2 aliphatic carbocycles. The first kappa shape index (κ1) is 11.7. The summed E-state index contributed by atoms with van der Waals surface area (Å²) in [4.78, 5) is 12.7. The number of hydrogen-bond donors (Lipinski definition) is 1. The van der Waals surface area contributed by atoms with Crippen LogP contribution in [0.2, 0.25) is 0 Å². The van der Waals surface area contributed by atoms with Crippen LogP contribution in [-0.4, -0.2) is 17.0 Å². The number of allylic oxidation sites excluding steroid dienone is 1. The first-order chi connectivity index (χ1) is 8.45. The molecule has 0 bridgehead atoms. The normalized spacial score (nSPS) is 31.3. The van der Waals surface area contributed by atoms with Crippen LogP contribution in [0.15, 0.2) is 21.8 Å². The van der Waals surface area contributed by atoms with Crippen LogP contribution in [0.25, 0.3) is 0 Å². The van der Waals surface area contributed by atoms with Gasteiger partial charge < -0.3 is 9.52 Å². The van der Waals surface area contributed by atoms with Crippen molar-refractivity contribution in [3.63, 3.8) is 0 Å². The van der Waals surface area contributed by atoms with E-state index in [1.165, 1.54) is 0 Å².